The van der Waals surface area contributed by atoms with Crippen LogP contribution in [0.3, 0.4) is 0 Å². The lowest BCUT2D eigenvalue weighted by molar-refractivity contribution is -0.401. The molecule has 0 aliphatic carbocycles. The van der Waals surface area contributed by atoms with E-state index in [1.54, 1.807) is 0 Å². The Morgan fingerprint density at radius 3 is 2.08 bits per heavy atom. The number of benzene rings is 3. The van der Waals surface area contributed by atoms with Crippen LogP contribution in [0.15, 0.2) is 109 Å². The molecule has 2 heterocycles. The highest BCUT2D eigenvalue weighted by Crippen LogP contribution is 2.48. The maximum Gasteiger partial charge on any atom is 0.209 e. The summed E-state index contributed by atoms with van der Waals surface area (Å²) in [5.74, 6) is 0.543. The van der Waals surface area contributed by atoms with Gasteiger partial charge in [0, 0.05) is 46.9 Å². The van der Waals surface area contributed by atoms with Gasteiger partial charge < -0.3 is 17.3 Å². The van der Waals surface area contributed by atoms with E-state index in [4.69, 9.17) is 11.6 Å². The minimum atomic E-state index is -0.0786. The molecule has 0 amide bonds. The molecule has 0 atom stereocenters. The average molecular weight is 544 g/mol. The molecule has 0 fully saturated rings. The third-order valence-electron chi connectivity index (χ3n) is 7.99. The molecule has 3 aromatic rings. The van der Waals surface area contributed by atoms with Gasteiger partial charge in [-0.2, -0.15) is 4.58 Å². The van der Waals surface area contributed by atoms with E-state index < -0.39 is 0 Å². The van der Waals surface area contributed by atoms with E-state index in [9.17, 15) is 0 Å². The quantitative estimate of drug-likeness (QED) is 0.228. The van der Waals surface area contributed by atoms with E-state index in [1.165, 1.54) is 39.5 Å². The molecule has 4 heteroatoms. The van der Waals surface area contributed by atoms with Gasteiger partial charge in [0.05, 0.1) is 5.41 Å². The maximum atomic E-state index is 6.01. The monoisotopic (exact) mass is 542 g/mol. The van der Waals surface area contributed by atoms with Gasteiger partial charge in [-0.1, -0.05) is 92.7 Å². The van der Waals surface area contributed by atoms with E-state index in [-0.39, 0.29) is 23.2 Å². The molecule has 38 heavy (non-hydrogen) atoms. The number of alkyl halides is 1. The SMILES string of the molecule is C[N+]1=C(/C=C/C=C/C=C2/N(Cc3ccc(CCl)cc3)c3ccccc3C2(C)C)C(C)(C)c2ccccc21.[Cl-]. The van der Waals surface area contributed by atoms with Crippen molar-refractivity contribution < 1.29 is 17.0 Å². The van der Waals surface area contributed by atoms with Crippen LogP contribution < -0.4 is 17.3 Å². The van der Waals surface area contributed by atoms with Gasteiger partial charge in [0.15, 0.2) is 5.71 Å². The third kappa shape index (κ3) is 4.88. The molecule has 0 saturated heterocycles. The van der Waals surface area contributed by atoms with Crippen LogP contribution >= 0.6 is 11.6 Å². The fourth-order valence-corrected chi connectivity index (χ4v) is 6.07. The zero-order chi connectivity index (χ0) is 26.2. The molecule has 3 aromatic carbocycles. The van der Waals surface area contributed by atoms with Gasteiger partial charge in [-0.3, -0.25) is 0 Å². The van der Waals surface area contributed by atoms with Gasteiger partial charge in [0.1, 0.15) is 7.05 Å². The summed E-state index contributed by atoms with van der Waals surface area (Å²) in [6.07, 6.45) is 11.0. The van der Waals surface area contributed by atoms with E-state index in [1.807, 2.05) is 0 Å². The molecule has 0 N–H and O–H groups in total. The van der Waals surface area contributed by atoms with Gasteiger partial charge in [-0.05, 0) is 42.7 Å². The summed E-state index contributed by atoms with van der Waals surface area (Å²) >= 11 is 6.01. The van der Waals surface area contributed by atoms with Crippen LogP contribution in [0.1, 0.15) is 49.9 Å². The first kappa shape index (κ1) is 28.0. The second-order valence-corrected chi connectivity index (χ2v) is 11.3. The fraction of sp³-hybridized carbons (Fsp3) is 0.265. The number of halogens is 2. The fourth-order valence-electron chi connectivity index (χ4n) is 5.89. The number of hydrogen-bond acceptors (Lipinski definition) is 1. The Morgan fingerprint density at radius 1 is 0.763 bits per heavy atom. The Labute approximate surface area is 239 Å². The lowest BCUT2D eigenvalue weighted by Gasteiger charge is -2.27. The number of hydrogen-bond donors (Lipinski definition) is 0. The van der Waals surface area contributed by atoms with E-state index in [0.717, 1.165) is 12.1 Å². The summed E-state index contributed by atoms with van der Waals surface area (Å²) in [4.78, 5) is 2.46. The normalized spacial score (nSPS) is 18.4. The van der Waals surface area contributed by atoms with E-state index in [0.29, 0.717) is 5.88 Å². The molecule has 0 spiro atoms. The van der Waals surface area contributed by atoms with Crippen molar-refractivity contribution in [2.45, 2.75) is 50.9 Å². The maximum absolute atomic E-state index is 6.01. The highest BCUT2D eigenvalue weighted by Gasteiger charge is 2.42. The molecule has 5 rings (SSSR count). The summed E-state index contributed by atoms with van der Waals surface area (Å²) in [6.45, 7) is 10.1. The number of allylic oxidation sites excluding steroid dienone is 6. The summed E-state index contributed by atoms with van der Waals surface area (Å²) in [5.41, 5.74) is 10.3. The number of para-hydroxylation sites is 2. The second kappa shape index (κ2) is 11.0. The largest absolute Gasteiger partial charge is 1.00 e. The Bertz CT molecular complexity index is 1440. The van der Waals surface area contributed by atoms with Crippen LogP contribution in [0, 0.1) is 0 Å². The zero-order valence-electron chi connectivity index (χ0n) is 22.9. The van der Waals surface area contributed by atoms with Crippen LogP contribution in [-0.2, 0) is 23.3 Å². The first-order valence-electron chi connectivity index (χ1n) is 13.0. The predicted molar refractivity (Wildman–Crippen MR) is 158 cm³/mol. The van der Waals surface area contributed by atoms with Crippen molar-refractivity contribution in [2.24, 2.45) is 0 Å². The van der Waals surface area contributed by atoms with Crippen LogP contribution in [0.5, 0.6) is 0 Å². The number of rotatable bonds is 6. The van der Waals surface area contributed by atoms with Crippen molar-refractivity contribution in [3.05, 3.63) is 131 Å². The van der Waals surface area contributed by atoms with Crippen LogP contribution in [0.25, 0.3) is 0 Å². The van der Waals surface area contributed by atoms with Crippen molar-refractivity contribution in [3.63, 3.8) is 0 Å². The van der Waals surface area contributed by atoms with Gasteiger partial charge in [0.25, 0.3) is 0 Å². The molecular formula is C34H36Cl2N2. The van der Waals surface area contributed by atoms with Gasteiger partial charge in [0.2, 0.25) is 5.69 Å². The Hall–Kier alpha value is -3.07. The first-order chi connectivity index (χ1) is 17.7. The van der Waals surface area contributed by atoms with Gasteiger partial charge in [-0.25, -0.2) is 0 Å². The zero-order valence-corrected chi connectivity index (χ0v) is 24.4. The minimum absolute atomic E-state index is 0. The van der Waals surface area contributed by atoms with Crippen molar-refractivity contribution >= 4 is 28.7 Å². The van der Waals surface area contributed by atoms with Crippen molar-refractivity contribution in [2.75, 3.05) is 11.9 Å². The molecule has 0 aromatic heterocycles. The predicted octanol–water partition coefficient (Wildman–Crippen LogP) is 5.43. The lowest BCUT2D eigenvalue weighted by atomic mass is 9.81. The Balaban J connectivity index is 0.00000336. The molecule has 2 aliphatic heterocycles. The van der Waals surface area contributed by atoms with Crippen molar-refractivity contribution in [1.29, 1.82) is 0 Å². The lowest BCUT2D eigenvalue weighted by Crippen LogP contribution is -3.00. The van der Waals surface area contributed by atoms with E-state index in [2.05, 4.69) is 147 Å². The topological polar surface area (TPSA) is 6.25 Å². The smallest absolute Gasteiger partial charge is 0.209 e. The number of fused-ring (bicyclic) bond motifs is 2. The van der Waals surface area contributed by atoms with Crippen molar-refractivity contribution in [3.8, 4) is 0 Å². The number of nitrogens with zero attached hydrogens (tertiary/aromatic N) is 2. The summed E-state index contributed by atoms with van der Waals surface area (Å²) in [6, 6.07) is 26.1. The number of anilines is 1. The third-order valence-corrected chi connectivity index (χ3v) is 8.30. The minimum Gasteiger partial charge on any atom is -1.00 e. The molecule has 2 nitrogen and oxygen atoms in total. The molecule has 0 radical (unpaired) electrons. The summed E-state index contributed by atoms with van der Waals surface area (Å²) in [5, 5.41) is 0. The van der Waals surface area contributed by atoms with Gasteiger partial charge in [-0.15, -0.1) is 11.6 Å². The van der Waals surface area contributed by atoms with Gasteiger partial charge >= 0.3 is 0 Å². The molecule has 2 aliphatic rings. The molecule has 196 valence electrons. The van der Waals surface area contributed by atoms with Crippen LogP contribution in [0.4, 0.5) is 11.4 Å². The highest BCUT2D eigenvalue weighted by atomic mass is 35.5. The van der Waals surface area contributed by atoms with Crippen molar-refractivity contribution in [1.82, 2.24) is 0 Å². The Morgan fingerprint density at radius 2 is 1.39 bits per heavy atom. The second-order valence-electron chi connectivity index (χ2n) is 11.1. The average Bonchev–Trinajstić information content (AvgIpc) is 3.23. The molecule has 0 bridgehead atoms. The standard InChI is InChI=1S/C34H36ClN2.ClH/c1-33(2)27-13-9-11-15-29(27)36(5)31(33)17-7-6-8-18-32-34(3,4)28-14-10-12-16-30(28)37(32)24-26-21-19-25(23-35)20-22-26;/h6-22H,23-24H2,1-5H3;1H/q+1;/p-1. The van der Waals surface area contributed by atoms with E-state index >= 15 is 0 Å². The highest BCUT2D eigenvalue weighted by molar-refractivity contribution is 6.17. The summed E-state index contributed by atoms with van der Waals surface area (Å²) in [7, 11) is 2.16. The summed E-state index contributed by atoms with van der Waals surface area (Å²) < 4.78 is 2.31. The molecule has 0 unspecified atom stereocenters. The molecule has 0 saturated carbocycles. The van der Waals surface area contributed by atoms with Crippen LogP contribution in [-0.4, -0.2) is 17.3 Å². The first-order valence-corrected chi connectivity index (χ1v) is 13.6. The molecular weight excluding hydrogens is 507 g/mol. The van der Waals surface area contributed by atoms with Crippen LogP contribution in [0.2, 0.25) is 0 Å². The Kier molecular flexibility index (Phi) is 8.06.